The number of halogens is 1. The minimum atomic E-state index is -1.55. The molecule has 0 radical (unpaired) electrons. The SMILES string of the molecule is C[C@H](C=O)[C@@H](CCCCCl)O[Si](C)(C)C. The second-order valence-electron chi connectivity index (χ2n) is 4.95. The summed E-state index contributed by atoms with van der Waals surface area (Å²) in [6, 6.07) is 0. The number of aldehydes is 1. The van der Waals surface area contributed by atoms with Crippen molar-refractivity contribution in [2.75, 3.05) is 5.88 Å². The lowest BCUT2D eigenvalue weighted by Crippen LogP contribution is -2.36. The van der Waals surface area contributed by atoms with Gasteiger partial charge in [0.1, 0.15) is 6.29 Å². The predicted molar refractivity (Wildman–Crippen MR) is 68.0 cm³/mol. The first-order valence-corrected chi connectivity index (χ1v) is 9.54. The molecule has 2 nitrogen and oxygen atoms in total. The van der Waals surface area contributed by atoms with Crippen LogP contribution in [-0.2, 0) is 9.22 Å². The molecule has 0 saturated heterocycles. The number of carbonyl (C=O) groups is 1. The highest BCUT2D eigenvalue weighted by Gasteiger charge is 2.24. The van der Waals surface area contributed by atoms with E-state index in [2.05, 4.69) is 19.6 Å². The molecule has 0 N–H and O–H groups in total. The van der Waals surface area contributed by atoms with Crippen molar-refractivity contribution in [2.24, 2.45) is 5.92 Å². The van der Waals surface area contributed by atoms with E-state index in [1.165, 1.54) is 0 Å². The molecule has 90 valence electrons. The molecule has 0 rings (SSSR count). The first kappa shape index (κ1) is 15.1. The Bertz CT molecular complexity index is 180. The molecule has 0 bridgehead atoms. The largest absolute Gasteiger partial charge is 0.414 e. The average molecular weight is 251 g/mol. The quantitative estimate of drug-likeness (QED) is 0.286. The predicted octanol–water partition coefficient (Wildman–Crippen LogP) is 3.45. The fraction of sp³-hybridized carbons (Fsp3) is 0.909. The molecular weight excluding hydrogens is 228 g/mol. The first-order chi connectivity index (χ1) is 6.90. The van der Waals surface area contributed by atoms with E-state index in [0.717, 1.165) is 25.5 Å². The molecule has 0 spiro atoms. The van der Waals surface area contributed by atoms with Crippen molar-refractivity contribution >= 4 is 26.2 Å². The van der Waals surface area contributed by atoms with E-state index in [1.54, 1.807) is 0 Å². The fourth-order valence-electron chi connectivity index (χ4n) is 1.41. The highest BCUT2D eigenvalue weighted by molar-refractivity contribution is 6.69. The zero-order chi connectivity index (χ0) is 11.9. The summed E-state index contributed by atoms with van der Waals surface area (Å²) in [7, 11) is -1.55. The Morgan fingerprint density at radius 1 is 1.33 bits per heavy atom. The van der Waals surface area contributed by atoms with Crippen LogP contribution in [0.1, 0.15) is 26.2 Å². The summed E-state index contributed by atoms with van der Waals surface area (Å²) in [6.07, 6.45) is 4.05. The first-order valence-electron chi connectivity index (χ1n) is 5.60. The van der Waals surface area contributed by atoms with Gasteiger partial charge in [-0.05, 0) is 38.9 Å². The van der Waals surface area contributed by atoms with Crippen molar-refractivity contribution < 1.29 is 9.22 Å². The van der Waals surface area contributed by atoms with Gasteiger partial charge in [0, 0.05) is 11.8 Å². The molecule has 0 amide bonds. The zero-order valence-corrected chi connectivity index (χ0v) is 12.0. The number of hydrogen-bond acceptors (Lipinski definition) is 2. The van der Waals surface area contributed by atoms with Crippen molar-refractivity contribution in [3.63, 3.8) is 0 Å². The molecule has 0 aromatic carbocycles. The van der Waals surface area contributed by atoms with Crippen LogP contribution >= 0.6 is 11.6 Å². The standard InChI is InChI=1S/C11H23ClO2Si/c1-10(9-13)11(7-5-6-8-12)14-15(2,3)4/h9-11H,5-8H2,1-4H3/t10-,11-/m1/s1. The van der Waals surface area contributed by atoms with Crippen molar-refractivity contribution in [1.82, 2.24) is 0 Å². The van der Waals surface area contributed by atoms with Gasteiger partial charge < -0.3 is 9.22 Å². The second kappa shape index (κ2) is 7.42. The molecular formula is C11H23ClO2Si. The number of hydrogen-bond donors (Lipinski definition) is 0. The van der Waals surface area contributed by atoms with Gasteiger partial charge in [0.2, 0.25) is 0 Å². The van der Waals surface area contributed by atoms with Crippen LogP contribution < -0.4 is 0 Å². The summed E-state index contributed by atoms with van der Waals surface area (Å²) in [5.74, 6) is 0.682. The van der Waals surface area contributed by atoms with Gasteiger partial charge in [0.25, 0.3) is 0 Å². The third-order valence-corrected chi connectivity index (χ3v) is 3.46. The summed E-state index contributed by atoms with van der Waals surface area (Å²) < 4.78 is 6.00. The summed E-state index contributed by atoms with van der Waals surface area (Å²) in [5, 5.41) is 0. The van der Waals surface area contributed by atoms with Crippen LogP contribution in [0.15, 0.2) is 0 Å². The lowest BCUT2D eigenvalue weighted by Gasteiger charge is -2.28. The lowest BCUT2D eigenvalue weighted by molar-refractivity contribution is -0.113. The highest BCUT2D eigenvalue weighted by Crippen LogP contribution is 2.18. The maximum absolute atomic E-state index is 10.8. The summed E-state index contributed by atoms with van der Waals surface area (Å²) in [4.78, 5) is 10.8. The molecule has 0 aliphatic carbocycles. The van der Waals surface area contributed by atoms with Gasteiger partial charge in [0.15, 0.2) is 8.32 Å². The average Bonchev–Trinajstić information content (AvgIpc) is 2.13. The number of alkyl halides is 1. The Balaban J connectivity index is 4.12. The van der Waals surface area contributed by atoms with Crippen LogP contribution in [0.5, 0.6) is 0 Å². The fourth-order valence-corrected chi connectivity index (χ4v) is 2.84. The Hall–Kier alpha value is 0.137. The molecule has 2 atom stereocenters. The molecule has 0 aliphatic rings. The van der Waals surface area contributed by atoms with E-state index in [0.29, 0.717) is 5.88 Å². The number of carbonyl (C=O) groups excluding carboxylic acids is 1. The van der Waals surface area contributed by atoms with E-state index < -0.39 is 8.32 Å². The van der Waals surface area contributed by atoms with Gasteiger partial charge in [-0.2, -0.15) is 0 Å². The van der Waals surface area contributed by atoms with Crippen LogP contribution in [0.4, 0.5) is 0 Å². The number of rotatable bonds is 8. The normalized spacial score (nSPS) is 16.1. The summed E-state index contributed by atoms with van der Waals surface area (Å²) in [5.41, 5.74) is 0. The molecule has 4 heteroatoms. The third-order valence-electron chi connectivity index (χ3n) is 2.18. The Morgan fingerprint density at radius 3 is 2.33 bits per heavy atom. The molecule has 0 aliphatic heterocycles. The van der Waals surface area contributed by atoms with Crippen molar-refractivity contribution in [2.45, 2.75) is 51.9 Å². The van der Waals surface area contributed by atoms with Crippen molar-refractivity contribution in [1.29, 1.82) is 0 Å². The van der Waals surface area contributed by atoms with Crippen LogP contribution in [0.3, 0.4) is 0 Å². The van der Waals surface area contributed by atoms with Gasteiger partial charge in [-0.15, -0.1) is 11.6 Å². The highest BCUT2D eigenvalue weighted by atomic mass is 35.5. The monoisotopic (exact) mass is 250 g/mol. The number of unbranched alkanes of at least 4 members (excludes halogenated alkanes) is 1. The maximum atomic E-state index is 10.8. The Morgan fingerprint density at radius 2 is 1.93 bits per heavy atom. The van der Waals surface area contributed by atoms with Crippen LogP contribution in [0, 0.1) is 5.92 Å². The van der Waals surface area contributed by atoms with Crippen molar-refractivity contribution in [3.8, 4) is 0 Å². The molecule has 0 saturated carbocycles. The van der Waals surface area contributed by atoms with E-state index >= 15 is 0 Å². The van der Waals surface area contributed by atoms with Crippen LogP contribution in [-0.4, -0.2) is 26.6 Å². The van der Waals surface area contributed by atoms with Crippen molar-refractivity contribution in [3.05, 3.63) is 0 Å². The van der Waals surface area contributed by atoms with Gasteiger partial charge >= 0.3 is 0 Å². The van der Waals surface area contributed by atoms with Gasteiger partial charge in [-0.3, -0.25) is 0 Å². The Labute approximate surface area is 99.5 Å². The Kier molecular flexibility index (Phi) is 7.48. The lowest BCUT2D eigenvalue weighted by atomic mass is 10.0. The molecule has 15 heavy (non-hydrogen) atoms. The van der Waals surface area contributed by atoms with E-state index in [1.807, 2.05) is 6.92 Å². The summed E-state index contributed by atoms with van der Waals surface area (Å²) in [6.45, 7) is 8.38. The summed E-state index contributed by atoms with van der Waals surface area (Å²) >= 11 is 5.63. The maximum Gasteiger partial charge on any atom is 0.184 e. The van der Waals surface area contributed by atoms with E-state index in [-0.39, 0.29) is 12.0 Å². The molecule has 0 aromatic rings. The zero-order valence-electron chi connectivity index (χ0n) is 10.3. The van der Waals surface area contributed by atoms with E-state index in [4.69, 9.17) is 16.0 Å². The molecule has 0 fully saturated rings. The molecule has 0 aromatic heterocycles. The second-order valence-corrected chi connectivity index (χ2v) is 9.79. The molecule has 0 heterocycles. The smallest absolute Gasteiger partial charge is 0.184 e. The van der Waals surface area contributed by atoms with Gasteiger partial charge in [0.05, 0.1) is 6.10 Å². The van der Waals surface area contributed by atoms with Crippen LogP contribution in [0.2, 0.25) is 19.6 Å². The molecule has 0 unspecified atom stereocenters. The third kappa shape index (κ3) is 8.00. The van der Waals surface area contributed by atoms with Gasteiger partial charge in [-0.25, -0.2) is 0 Å². The van der Waals surface area contributed by atoms with Crippen LogP contribution in [0.25, 0.3) is 0 Å². The van der Waals surface area contributed by atoms with E-state index in [9.17, 15) is 4.79 Å². The van der Waals surface area contributed by atoms with Gasteiger partial charge in [-0.1, -0.05) is 6.92 Å². The topological polar surface area (TPSA) is 26.3 Å². The minimum absolute atomic E-state index is 0.00736. The minimum Gasteiger partial charge on any atom is -0.414 e.